The summed E-state index contributed by atoms with van der Waals surface area (Å²) in [5, 5.41) is 13.8. The minimum absolute atomic E-state index is 0.0346. The number of nitrogens with one attached hydrogen (secondary N) is 1. The Labute approximate surface area is 142 Å². The summed E-state index contributed by atoms with van der Waals surface area (Å²) in [4.78, 5) is 28.0. The van der Waals surface area contributed by atoms with Gasteiger partial charge in [0.25, 0.3) is 5.56 Å². The highest BCUT2D eigenvalue weighted by molar-refractivity contribution is 7.13. The fourth-order valence-corrected chi connectivity index (χ4v) is 2.91. The lowest BCUT2D eigenvalue weighted by molar-refractivity contribution is -0.116. The van der Waals surface area contributed by atoms with Crippen LogP contribution in [0.3, 0.4) is 0 Å². The predicted octanol–water partition coefficient (Wildman–Crippen LogP) is 2.45. The third-order valence-electron chi connectivity index (χ3n) is 3.58. The maximum absolute atomic E-state index is 12.3. The second-order valence-electron chi connectivity index (χ2n) is 5.33. The minimum Gasteiger partial charge on any atom is -0.302 e. The van der Waals surface area contributed by atoms with Crippen LogP contribution in [-0.2, 0) is 11.3 Å². The van der Waals surface area contributed by atoms with E-state index in [1.165, 1.54) is 16.0 Å². The molecule has 0 aliphatic carbocycles. The van der Waals surface area contributed by atoms with E-state index in [0.717, 1.165) is 19.3 Å². The smallest absolute Gasteiger partial charge is 0.277 e. The summed E-state index contributed by atoms with van der Waals surface area (Å²) in [6.45, 7) is 0.505. The van der Waals surface area contributed by atoms with E-state index in [1.807, 2.05) is 17.5 Å². The first-order valence-electron chi connectivity index (χ1n) is 7.76. The van der Waals surface area contributed by atoms with Gasteiger partial charge in [0.15, 0.2) is 5.13 Å². The number of carbonyl (C=O) groups excluding carboxylic acids is 1. The molecule has 124 valence electrons. The van der Waals surface area contributed by atoms with Crippen LogP contribution in [0.25, 0.3) is 10.9 Å². The lowest BCUT2D eigenvalue weighted by Gasteiger charge is -2.05. The Balaban J connectivity index is 1.44. The molecule has 0 fully saturated rings. The van der Waals surface area contributed by atoms with Crippen molar-refractivity contribution in [1.82, 2.24) is 20.0 Å². The number of carbonyl (C=O) groups is 1. The Hall–Kier alpha value is -2.61. The number of amides is 1. The Morgan fingerprint density at radius 2 is 2.08 bits per heavy atom. The Kier molecular flexibility index (Phi) is 5.27. The fourth-order valence-electron chi connectivity index (χ4n) is 2.36. The summed E-state index contributed by atoms with van der Waals surface area (Å²) >= 11 is 1.40. The summed E-state index contributed by atoms with van der Waals surface area (Å²) < 4.78 is 1.39. The van der Waals surface area contributed by atoms with Gasteiger partial charge in [0.2, 0.25) is 5.91 Å². The van der Waals surface area contributed by atoms with E-state index in [9.17, 15) is 9.59 Å². The minimum atomic E-state index is -0.123. The van der Waals surface area contributed by atoms with Crippen molar-refractivity contribution < 1.29 is 4.79 Å². The number of thiazole rings is 1. The third-order valence-corrected chi connectivity index (χ3v) is 4.27. The van der Waals surface area contributed by atoms with E-state index in [-0.39, 0.29) is 11.5 Å². The first-order chi connectivity index (χ1) is 11.7. The summed E-state index contributed by atoms with van der Waals surface area (Å²) in [5.74, 6) is -0.0346. The molecule has 3 aromatic rings. The third kappa shape index (κ3) is 4.02. The largest absolute Gasteiger partial charge is 0.302 e. The van der Waals surface area contributed by atoms with Crippen LogP contribution in [0.5, 0.6) is 0 Å². The molecule has 0 spiro atoms. The average Bonchev–Trinajstić information content (AvgIpc) is 3.09. The van der Waals surface area contributed by atoms with Crippen LogP contribution in [0.1, 0.15) is 25.7 Å². The van der Waals surface area contributed by atoms with Crippen molar-refractivity contribution in [3.05, 3.63) is 46.2 Å². The lowest BCUT2D eigenvalue weighted by Crippen LogP contribution is -2.24. The van der Waals surface area contributed by atoms with Gasteiger partial charge in [-0.1, -0.05) is 23.8 Å². The molecule has 0 aliphatic heterocycles. The number of anilines is 1. The van der Waals surface area contributed by atoms with Gasteiger partial charge in [-0.05, 0) is 25.0 Å². The molecule has 2 heterocycles. The SMILES string of the molecule is O=C(CCCCCn1nnc2ccccc2c1=O)Nc1nccs1. The topological polar surface area (TPSA) is 89.8 Å². The maximum atomic E-state index is 12.3. The van der Waals surface area contributed by atoms with E-state index < -0.39 is 0 Å². The Morgan fingerprint density at radius 1 is 1.21 bits per heavy atom. The second-order valence-corrected chi connectivity index (χ2v) is 6.23. The standard InChI is InChI=1S/C16H17N5O2S/c22-14(18-16-17-9-11-24-16)8-2-1-5-10-21-15(23)12-6-3-4-7-13(12)19-20-21/h3-4,6-7,9,11H,1-2,5,8,10H2,(H,17,18,22). The van der Waals surface area contributed by atoms with Gasteiger partial charge in [0, 0.05) is 24.5 Å². The number of nitrogens with zero attached hydrogens (tertiary/aromatic N) is 4. The summed E-state index contributed by atoms with van der Waals surface area (Å²) in [6.07, 6.45) is 4.47. The monoisotopic (exact) mass is 343 g/mol. The molecule has 24 heavy (non-hydrogen) atoms. The lowest BCUT2D eigenvalue weighted by atomic mass is 10.2. The number of benzene rings is 1. The summed E-state index contributed by atoms with van der Waals surface area (Å²) in [7, 11) is 0. The van der Waals surface area contributed by atoms with Gasteiger partial charge < -0.3 is 5.32 Å². The van der Waals surface area contributed by atoms with Crippen molar-refractivity contribution in [3.8, 4) is 0 Å². The van der Waals surface area contributed by atoms with Crippen molar-refractivity contribution in [2.75, 3.05) is 5.32 Å². The number of unbranched alkanes of at least 4 members (excludes halogenated alkanes) is 2. The number of aromatic nitrogens is 4. The highest BCUT2D eigenvalue weighted by atomic mass is 32.1. The zero-order chi connectivity index (χ0) is 16.8. The van der Waals surface area contributed by atoms with Gasteiger partial charge in [0.05, 0.1) is 5.39 Å². The number of rotatable bonds is 7. The number of hydrogen-bond donors (Lipinski definition) is 1. The summed E-state index contributed by atoms with van der Waals surface area (Å²) in [5.41, 5.74) is 0.486. The molecular formula is C16H17N5O2S. The first-order valence-corrected chi connectivity index (χ1v) is 8.64. The molecule has 0 aliphatic rings. The van der Waals surface area contributed by atoms with Gasteiger partial charge in [-0.15, -0.1) is 16.4 Å². The molecule has 3 rings (SSSR count). The highest BCUT2D eigenvalue weighted by Crippen LogP contribution is 2.11. The first kappa shape index (κ1) is 16.3. The molecule has 1 aromatic carbocycles. The van der Waals surface area contributed by atoms with Crippen molar-refractivity contribution in [3.63, 3.8) is 0 Å². The Bertz CT molecular complexity index is 876. The molecule has 0 saturated heterocycles. The normalized spacial score (nSPS) is 10.8. The maximum Gasteiger partial charge on any atom is 0.277 e. The van der Waals surface area contributed by atoms with Gasteiger partial charge in [0.1, 0.15) is 5.52 Å². The molecule has 2 aromatic heterocycles. The zero-order valence-electron chi connectivity index (χ0n) is 13.0. The molecule has 0 bridgehead atoms. The van der Waals surface area contributed by atoms with E-state index in [1.54, 1.807) is 18.3 Å². The second kappa shape index (κ2) is 7.78. The van der Waals surface area contributed by atoms with Crippen molar-refractivity contribution in [2.24, 2.45) is 0 Å². The number of fused-ring (bicyclic) bond motifs is 1. The van der Waals surface area contributed by atoms with Crippen molar-refractivity contribution in [1.29, 1.82) is 0 Å². The molecule has 0 saturated carbocycles. The molecular weight excluding hydrogens is 326 g/mol. The van der Waals surface area contributed by atoms with Gasteiger partial charge in [-0.2, -0.15) is 0 Å². The van der Waals surface area contributed by atoms with Crippen LogP contribution < -0.4 is 10.9 Å². The van der Waals surface area contributed by atoms with Gasteiger partial charge in [-0.3, -0.25) is 9.59 Å². The average molecular weight is 343 g/mol. The van der Waals surface area contributed by atoms with Crippen LogP contribution in [0.4, 0.5) is 5.13 Å². The quantitative estimate of drug-likeness (QED) is 0.666. The molecule has 1 amide bonds. The van der Waals surface area contributed by atoms with Crippen LogP contribution in [0.2, 0.25) is 0 Å². The number of hydrogen-bond acceptors (Lipinski definition) is 6. The molecule has 0 atom stereocenters. The van der Waals surface area contributed by atoms with Crippen LogP contribution >= 0.6 is 11.3 Å². The molecule has 0 radical (unpaired) electrons. The summed E-state index contributed by atoms with van der Waals surface area (Å²) in [6, 6.07) is 7.18. The zero-order valence-corrected chi connectivity index (χ0v) is 13.8. The van der Waals surface area contributed by atoms with Gasteiger partial charge >= 0.3 is 0 Å². The number of aryl methyl sites for hydroxylation is 1. The molecule has 8 heteroatoms. The van der Waals surface area contributed by atoms with Crippen LogP contribution in [0.15, 0.2) is 40.6 Å². The van der Waals surface area contributed by atoms with E-state index in [4.69, 9.17) is 0 Å². The van der Waals surface area contributed by atoms with Crippen LogP contribution in [-0.4, -0.2) is 25.9 Å². The van der Waals surface area contributed by atoms with E-state index in [0.29, 0.717) is 29.0 Å². The highest BCUT2D eigenvalue weighted by Gasteiger charge is 2.06. The van der Waals surface area contributed by atoms with Crippen molar-refractivity contribution in [2.45, 2.75) is 32.2 Å². The molecule has 1 N–H and O–H groups in total. The Morgan fingerprint density at radius 3 is 2.92 bits per heavy atom. The van der Waals surface area contributed by atoms with E-state index >= 15 is 0 Å². The molecule has 0 unspecified atom stereocenters. The van der Waals surface area contributed by atoms with E-state index in [2.05, 4.69) is 20.6 Å². The fraction of sp³-hybridized carbons (Fsp3) is 0.312. The van der Waals surface area contributed by atoms with Crippen molar-refractivity contribution >= 4 is 33.3 Å². The van der Waals surface area contributed by atoms with Gasteiger partial charge in [-0.25, -0.2) is 9.67 Å². The molecule has 7 nitrogen and oxygen atoms in total. The van der Waals surface area contributed by atoms with Crippen LogP contribution in [0, 0.1) is 0 Å². The predicted molar refractivity (Wildman–Crippen MR) is 93.0 cm³/mol.